The summed E-state index contributed by atoms with van der Waals surface area (Å²) in [5.74, 6) is 0. The molecule has 1 aliphatic rings. The number of alkyl halides is 3. The van der Waals surface area contributed by atoms with Crippen molar-refractivity contribution < 1.29 is 31.1 Å². The van der Waals surface area contributed by atoms with E-state index in [0.29, 0.717) is 24.4 Å². The number of sulfonamides is 1. The number of amides is 1. The van der Waals surface area contributed by atoms with E-state index in [2.05, 4.69) is 4.72 Å². The van der Waals surface area contributed by atoms with Crippen LogP contribution in [0.25, 0.3) is 0 Å². The maximum atomic E-state index is 12.6. The van der Waals surface area contributed by atoms with Crippen LogP contribution in [0.5, 0.6) is 0 Å². The number of hydrogen-bond donors (Lipinski definition) is 1. The fraction of sp³-hybridized carbons (Fsp3) is 0.188. The van der Waals surface area contributed by atoms with E-state index in [1.165, 1.54) is 17.0 Å². The number of anilines is 2. The molecule has 6 nitrogen and oxygen atoms in total. The molecule has 1 amide bonds. The fourth-order valence-electron chi connectivity index (χ4n) is 2.40. The van der Waals surface area contributed by atoms with Crippen LogP contribution in [-0.2, 0) is 20.9 Å². The molecule has 0 aromatic heterocycles. The van der Waals surface area contributed by atoms with E-state index < -0.39 is 27.9 Å². The Morgan fingerprint density at radius 1 is 1.08 bits per heavy atom. The van der Waals surface area contributed by atoms with Crippen molar-refractivity contribution in [3.63, 3.8) is 0 Å². The van der Waals surface area contributed by atoms with Gasteiger partial charge in [-0.3, -0.25) is 9.62 Å². The molecule has 0 atom stereocenters. The normalized spacial score (nSPS) is 15.0. The number of nitrogens with one attached hydrogen (secondary N) is 1. The minimum atomic E-state index is -4.55. The van der Waals surface area contributed by atoms with Crippen molar-refractivity contribution in [3.05, 3.63) is 54.1 Å². The zero-order valence-electron chi connectivity index (χ0n) is 13.2. The van der Waals surface area contributed by atoms with E-state index in [0.717, 1.165) is 12.1 Å². The predicted octanol–water partition coefficient (Wildman–Crippen LogP) is 3.46. The molecule has 2 aromatic rings. The van der Waals surface area contributed by atoms with Gasteiger partial charge >= 0.3 is 12.3 Å². The van der Waals surface area contributed by atoms with Crippen LogP contribution in [0.3, 0.4) is 0 Å². The van der Waals surface area contributed by atoms with E-state index in [-0.39, 0.29) is 17.2 Å². The highest BCUT2D eigenvalue weighted by Gasteiger charge is 2.30. The van der Waals surface area contributed by atoms with Crippen molar-refractivity contribution in [2.24, 2.45) is 0 Å². The minimum Gasteiger partial charge on any atom is -0.447 e. The summed E-state index contributed by atoms with van der Waals surface area (Å²) in [6.07, 6.45) is -5.08. The second kappa shape index (κ2) is 6.52. The number of rotatable bonds is 4. The number of carbonyl (C=O) groups excluding carboxylic acids is 1. The Bertz CT molecular complexity index is 927. The molecule has 0 unspecified atom stereocenters. The van der Waals surface area contributed by atoms with Crippen LogP contribution in [-0.4, -0.2) is 27.7 Å². The SMILES string of the molecule is O=C1OCCN1c1cccc(NS(=O)(=O)c2ccc(C(F)(F)F)cc2)c1. The molecule has 2 aromatic carbocycles. The van der Waals surface area contributed by atoms with Crippen LogP contribution in [0.4, 0.5) is 29.3 Å². The van der Waals surface area contributed by atoms with Gasteiger partial charge in [0.05, 0.1) is 22.7 Å². The van der Waals surface area contributed by atoms with Crippen molar-refractivity contribution >= 4 is 27.5 Å². The Hall–Kier alpha value is -2.75. The highest BCUT2D eigenvalue weighted by molar-refractivity contribution is 7.92. The summed E-state index contributed by atoms with van der Waals surface area (Å²) in [6.45, 7) is 0.578. The standard InChI is InChI=1S/C16H13F3N2O4S/c17-16(18,19)11-4-6-14(7-5-11)26(23,24)20-12-2-1-3-13(10-12)21-8-9-25-15(21)22/h1-7,10,20H,8-9H2. The number of carbonyl (C=O) groups is 1. The fourth-order valence-corrected chi connectivity index (χ4v) is 3.45. The third-order valence-electron chi connectivity index (χ3n) is 3.66. The van der Waals surface area contributed by atoms with Crippen molar-refractivity contribution in [2.75, 3.05) is 22.8 Å². The Morgan fingerprint density at radius 2 is 1.77 bits per heavy atom. The number of benzene rings is 2. The number of hydrogen-bond acceptors (Lipinski definition) is 4. The van der Waals surface area contributed by atoms with E-state index in [4.69, 9.17) is 4.74 Å². The minimum absolute atomic E-state index is 0.169. The number of halogens is 3. The Morgan fingerprint density at radius 3 is 2.35 bits per heavy atom. The van der Waals surface area contributed by atoms with Gasteiger partial charge in [-0.15, -0.1) is 0 Å². The Balaban J connectivity index is 1.82. The Kier molecular flexibility index (Phi) is 4.53. The lowest BCUT2D eigenvalue weighted by molar-refractivity contribution is -0.137. The third-order valence-corrected chi connectivity index (χ3v) is 5.06. The lowest BCUT2D eigenvalue weighted by Crippen LogP contribution is -2.23. The van der Waals surface area contributed by atoms with Gasteiger partial charge in [-0.25, -0.2) is 13.2 Å². The van der Waals surface area contributed by atoms with Crippen LogP contribution in [0.1, 0.15) is 5.56 Å². The molecule has 0 bridgehead atoms. The number of ether oxygens (including phenoxy) is 1. The van der Waals surface area contributed by atoms with Gasteiger partial charge in [-0.05, 0) is 42.5 Å². The van der Waals surface area contributed by atoms with Gasteiger partial charge in [0.25, 0.3) is 10.0 Å². The molecular formula is C16H13F3N2O4S. The number of nitrogens with zero attached hydrogens (tertiary/aromatic N) is 1. The summed E-state index contributed by atoms with van der Waals surface area (Å²) in [5.41, 5.74) is -0.326. The maximum absolute atomic E-state index is 12.6. The topological polar surface area (TPSA) is 75.7 Å². The molecule has 1 aliphatic heterocycles. The monoisotopic (exact) mass is 386 g/mol. The molecular weight excluding hydrogens is 373 g/mol. The average molecular weight is 386 g/mol. The van der Waals surface area contributed by atoms with E-state index in [1.807, 2.05) is 0 Å². The highest BCUT2D eigenvalue weighted by Crippen LogP contribution is 2.30. The molecule has 1 saturated heterocycles. The second-order valence-corrected chi connectivity index (χ2v) is 7.13. The van der Waals surface area contributed by atoms with E-state index in [1.54, 1.807) is 12.1 Å². The Labute approximate surface area is 147 Å². The summed E-state index contributed by atoms with van der Waals surface area (Å²) in [6, 6.07) is 9.23. The van der Waals surface area contributed by atoms with Gasteiger partial charge in [0.2, 0.25) is 0 Å². The molecule has 0 aliphatic carbocycles. The molecule has 1 heterocycles. The molecule has 1 N–H and O–H groups in total. The second-order valence-electron chi connectivity index (χ2n) is 5.44. The third kappa shape index (κ3) is 3.74. The molecule has 0 saturated carbocycles. The van der Waals surface area contributed by atoms with Crippen molar-refractivity contribution in [3.8, 4) is 0 Å². The van der Waals surface area contributed by atoms with E-state index >= 15 is 0 Å². The summed E-state index contributed by atoms with van der Waals surface area (Å²) in [5, 5.41) is 0. The predicted molar refractivity (Wildman–Crippen MR) is 87.4 cm³/mol. The largest absolute Gasteiger partial charge is 0.447 e. The quantitative estimate of drug-likeness (QED) is 0.873. The zero-order valence-corrected chi connectivity index (χ0v) is 14.0. The van der Waals surface area contributed by atoms with Gasteiger partial charge < -0.3 is 4.74 Å². The maximum Gasteiger partial charge on any atom is 0.416 e. The summed E-state index contributed by atoms with van der Waals surface area (Å²) >= 11 is 0. The molecule has 0 radical (unpaired) electrons. The smallest absolute Gasteiger partial charge is 0.416 e. The van der Waals surface area contributed by atoms with Gasteiger partial charge in [-0.1, -0.05) is 6.07 Å². The van der Waals surface area contributed by atoms with Crippen LogP contribution < -0.4 is 9.62 Å². The summed E-state index contributed by atoms with van der Waals surface area (Å²) in [7, 11) is -4.08. The molecule has 138 valence electrons. The summed E-state index contributed by atoms with van der Waals surface area (Å²) in [4.78, 5) is 12.6. The van der Waals surface area contributed by atoms with Crippen LogP contribution in [0.2, 0.25) is 0 Å². The van der Waals surface area contributed by atoms with E-state index in [9.17, 15) is 26.4 Å². The molecule has 3 rings (SSSR count). The first kappa shape index (κ1) is 18.1. The molecule has 26 heavy (non-hydrogen) atoms. The first-order valence-corrected chi connectivity index (χ1v) is 8.89. The first-order valence-electron chi connectivity index (χ1n) is 7.41. The lowest BCUT2D eigenvalue weighted by Gasteiger charge is -2.15. The van der Waals surface area contributed by atoms with Gasteiger partial charge in [-0.2, -0.15) is 13.2 Å². The van der Waals surface area contributed by atoms with Crippen LogP contribution in [0, 0.1) is 0 Å². The molecule has 0 spiro atoms. The van der Waals surface area contributed by atoms with Gasteiger partial charge in [0, 0.05) is 5.69 Å². The zero-order chi connectivity index (χ0) is 18.9. The van der Waals surface area contributed by atoms with Gasteiger partial charge in [0.1, 0.15) is 6.61 Å². The van der Waals surface area contributed by atoms with Crippen molar-refractivity contribution in [1.82, 2.24) is 0 Å². The highest BCUT2D eigenvalue weighted by atomic mass is 32.2. The van der Waals surface area contributed by atoms with Crippen LogP contribution in [0.15, 0.2) is 53.4 Å². The number of cyclic esters (lactones) is 1. The molecule has 10 heteroatoms. The molecule has 1 fully saturated rings. The average Bonchev–Trinajstić information content (AvgIpc) is 3.00. The summed E-state index contributed by atoms with van der Waals surface area (Å²) < 4.78 is 69.6. The van der Waals surface area contributed by atoms with Crippen molar-refractivity contribution in [2.45, 2.75) is 11.1 Å². The first-order chi connectivity index (χ1) is 12.2. The van der Waals surface area contributed by atoms with Gasteiger partial charge in [0.15, 0.2) is 0 Å². The lowest BCUT2D eigenvalue weighted by atomic mass is 10.2. The van der Waals surface area contributed by atoms with Crippen LogP contribution >= 0.6 is 0 Å². The van der Waals surface area contributed by atoms with Crippen molar-refractivity contribution in [1.29, 1.82) is 0 Å².